The fourth-order valence-corrected chi connectivity index (χ4v) is 10.9. The molecule has 0 saturated carbocycles. The molecule has 0 unspecified atom stereocenters. The molecule has 1 aliphatic rings. The van der Waals surface area contributed by atoms with Gasteiger partial charge in [0, 0.05) is 49.3 Å². The minimum atomic E-state index is -1.61. The highest BCUT2D eigenvalue weighted by molar-refractivity contribution is 5.99. The van der Waals surface area contributed by atoms with Gasteiger partial charge in [-0.15, -0.1) is 0 Å². The summed E-state index contributed by atoms with van der Waals surface area (Å²) in [5.41, 5.74) is 0. The molecule has 11 amide bonds. The van der Waals surface area contributed by atoms with Crippen LogP contribution in [0.25, 0.3) is 0 Å². The van der Waals surface area contributed by atoms with E-state index >= 15 is 9.59 Å². The number of nitrogens with one attached hydrogen (secondary N) is 4. The Bertz CT molecular complexity index is 2340. The van der Waals surface area contributed by atoms with Crippen LogP contribution in [0.5, 0.6) is 0 Å². The molecule has 0 aromatic heterocycles. The zero-order chi connectivity index (χ0) is 66.7. The number of nitrogens with zero attached hydrogens (tertiary/aromatic N) is 7. The molecule has 492 valence electrons. The van der Waals surface area contributed by atoms with Crippen LogP contribution in [-0.4, -0.2) is 227 Å². The normalized spacial score (nSPS) is 26.7. The van der Waals surface area contributed by atoms with Crippen LogP contribution in [0.4, 0.5) is 0 Å². The number of hydrogen-bond donors (Lipinski definition) is 5. The third-order valence-electron chi connectivity index (χ3n) is 16.4. The maximum absolute atomic E-state index is 15.1. The lowest BCUT2D eigenvalue weighted by Gasteiger charge is -2.41. The monoisotopic (exact) mass is 1220 g/mol. The molecule has 1 rings (SSSR count). The smallest absolute Gasteiger partial charge is 0.246 e. The minimum absolute atomic E-state index is 0.0230. The highest BCUT2D eigenvalue weighted by Crippen LogP contribution is 2.26. The van der Waals surface area contributed by atoms with Crippen LogP contribution in [0.2, 0.25) is 0 Å². The lowest BCUT2D eigenvalue weighted by atomic mass is 9.91. The molecule has 1 aliphatic heterocycles. The number of carbonyl (C=O) groups is 11. The number of hydrogen-bond acceptors (Lipinski definition) is 12. The van der Waals surface area contributed by atoms with E-state index in [9.17, 15) is 48.3 Å². The van der Waals surface area contributed by atoms with Gasteiger partial charge < -0.3 is 60.7 Å². The highest BCUT2D eigenvalue weighted by Gasteiger charge is 2.46. The van der Waals surface area contributed by atoms with E-state index in [0.29, 0.717) is 6.42 Å². The Morgan fingerprint density at radius 3 is 1.30 bits per heavy atom. The van der Waals surface area contributed by atoms with E-state index in [0.717, 1.165) is 9.80 Å². The van der Waals surface area contributed by atoms with Crippen LogP contribution in [0.15, 0.2) is 12.2 Å². The molecule has 23 nitrogen and oxygen atoms in total. The standard InChI is InChI=1S/C63H113N11O12/c1-25-28-29-41(16)53(76)52-57(80)66-44(27-3)59(82)68(18)34-49(75)69(19)45(30-35(4)5)56(79)67-50(39(12)13)62(85)70(20)46(31-36(6)7)55(78)65-43(26-2)54(77)64-42(17)58(81)71(21)47(32-37(8)9)60(83)72(22)48(33-38(10)11)61(84)73(23)51(40(14)15)63(86)74(52)24/h25,28,35-48,50-53,76H,26-27,29-34H2,1-24H3,(H,64,77)(H,65,78)(H,66,80)(H,67,79)/b28-25+/t41-,42-,43+,44-,45+,46-,47+,48+,50+,51-,52+,53-/m1/s1. The van der Waals surface area contributed by atoms with Crippen molar-refractivity contribution in [2.45, 2.75) is 229 Å². The number of carbonyl (C=O) groups excluding carboxylic acids is 11. The molecule has 0 aromatic rings. The Balaban J connectivity index is 4.36. The molecule has 23 heteroatoms. The first-order valence-electron chi connectivity index (χ1n) is 31.1. The van der Waals surface area contributed by atoms with Gasteiger partial charge in [0.15, 0.2) is 0 Å². The lowest BCUT2D eigenvalue weighted by Crippen LogP contribution is -2.63. The van der Waals surface area contributed by atoms with Crippen LogP contribution in [0.1, 0.15) is 163 Å². The maximum atomic E-state index is 15.1. The van der Waals surface area contributed by atoms with E-state index in [-0.39, 0.29) is 62.2 Å². The lowest BCUT2D eigenvalue weighted by molar-refractivity contribution is -0.157. The summed E-state index contributed by atoms with van der Waals surface area (Å²) >= 11 is 0. The Morgan fingerprint density at radius 1 is 0.453 bits per heavy atom. The average Bonchev–Trinajstić information content (AvgIpc) is 2.32. The summed E-state index contributed by atoms with van der Waals surface area (Å²) in [5.74, 6) is -9.64. The van der Waals surface area contributed by atoms with Crippen molar-refractivity contribution < 1.29 is 57.8 Å². The van der Waals surface area contributed by atoms with E-state index in [2.05, 4.69) is 21.3 Å². The largest absolute Gasteiger partial charge is 0.390 e. The van der Waals surface area contributed by atoms with Gasteiger partial charge >= 0.3 is 0 Å². The molecule has 0 aromatic carbocycles. The third kappa shape index (κ3) is 21.6. The van der Waals surface area contributed by atoms with Crippen LogP contribution in [0.3, 0.4) is 0 Å². The molecule has 12 atom stereocenters. The van der Waals surface area contributed by atoms with E-state index < -0.39 is 156 Å². The van der Waals surface area contributed by atoms with Crippen molar-refractivity contribution in [3.8, 4) is 0 Å². The van der Waals surface area contributed by atoms with Crippen LogP contribution in [-0.2, 0) is 52.7 Å². The maximum Gasteiger partial charge on any atom is 0.246 e. The van der Waals surface area contributed by atoms with E-state index in [4.69, 9.17) is 0 Å². The first kappa shape index (κ1) is 77.9. The second kappa shape index (κ2) is 35.6. The molecule has 0 bridgehead atoms. The number of aliphatic hydroxyl groups is 1. The minimum Gasteiger partial charge on any atom is -0.390 e. The Kier molecular flexibility index (Phi) is 32.3. The Labute approximate surface area is 515 Å². The van der Waals surface area contributed by atoms with Gasteiger partial charge in [-0.3, -0.25) is 52.7 Å². The summed E-state index contributed by atoms with van der Waals surface area (Å²) in [6.45, 7) is 29.6. The third-order valence-corrected chi connectivity index (χ3v) is 16.4. The predicted octanol–water partition coefficient (Wildman–Crippen LogP) is 3.66. The van der Waals surface area contributed by atoms with Crippen LogP contribution in [0, 0.1) is 41.4 Å². The van der Waals surface area contributed by atoms with Crippen LogP contribution < -0.4 is 21.3 Å². The summed E-state index contributed by atoms with van der Waals surface area (Å²) < 4.78 is 0. The Morgan fingerprint density at radius 2 is 0.860 bits per heavy atom. The van der Waals surface area contributed by atoms with E-state index in [1.54, 1.807) is 61.5 Å². The number of allylic oxidation sites excluding steroid dienone is 2. The van der Waals surface area contributed by atoms with Crippen molar-refractivity contribution in [2.75, 3.05) is 55.9 Å². The first-order valence-corrected chi connectivity index (χ1v) is 31.1. The van der Waals surface area contributed by atoms with E-state index in [1.807, 2.05) is 61.5 Å². The molecule has 1 heterocycles. The van der Waals surface area contributed by atoms with Crippen molar-refractivity contribution in [1.29, 1.82) is 0 Å². The highest BCUT2D eigenvalue weighted by atomic mass is 16.3. The molecule has 5 N–H and O–H groups in total. The second-order valence-electron chi connectivity index (χ2n) is 26.3. The molecule has 86 heavy (non-hydrogen) atoms. The average molecular weight is 1220 g/mol. The van der Waals surface area contributed by atoms with Crippen molar-refractivity contribution in [2.24, 2.45) is 41.4 Å². The summed E-state index contributed by atoms with van der Waals surface area (Å²) in [7, 11) is 9.95. The SMILES string of the molecule is C/C=C/C[C@@H](C)[C@@H](O)[C@H]1C(=O)N[C@H](CC)C(=O)N(C)CC(=O)N(C)[C@@H](CC(C)C)C(=O)N[C@@H](C(C)C)C(=O)N(C)[C@H](CC(C)C)C(=O)N[C@@H](CC)C(=O)N[C@H](C)C(=O)N(C)[C@@H](CC(C)C)C(=O)N(C)[C@@H](CC(C)C)C(=O)N(C)[C@H](C(C)C)C(=O)N1C. The Hall–Kier alpha value is -6.13. The quantitative estimate of drug-likeness (QED) is 0.139. The summed E-state index contributed by atoms with van der Waals surface area (Å²) in [5, 5.41) is 23.2. The topological polar surface area (TPSA) is 279 Å². The number of aliphatic hydroxyl groups excluding tert-OH is 1. The zero-order valence-electron chi connectivity index (χ0n) is 56.8. The number of rotatable bonds is 16. The summed E-state index contributed by atoms with van der Waals surface area (Å²) in [6, 6.07) is -12.3. The zero-order valence-corrected chi connectivity index (χ0v) is 56.8. The van der Waals surface area contributed by atoms with Gasteiger partial charge in [-0.1, -0.05) is 116 Å². The van der Waals surface area contributed by atoms with Gasteiger partial charge in [0.05, 0.1) is 12.6 Å². The van der Waals surface area contributed by atoms with Crippen molar-refractivity contribution in [3.63, 3.8) is 0 Å². The first-order chi connectivity index (χ1) is 39.7. The summed E-state index contributed by atoms with van der Waals surface area (Å²) in [6.07, 6.45) is 3.14. The van der Waals surface area contributed by atoms with Gasteiger partial charge in [0.2, 0.25) is 65.0 Å². The fraction of sp³-hybridized carbons (Fsp3) is 0.794. The van der Waals surface area contributed by atoms with E-state index in [1.165, 1.54) is 80.8 Å². The summed E-state index contributed by atoms with van der Waals surface area (Å²) in [4.78, 5) is 169. The van der Waals surface area contributed by atoms with Crippen LogP contribution >= 0.6 is 0 Å². The van der Waals surface area contributed by atoms with Crippen molar-refractivity contribution >= 4 is 65.0 Å². The van der Waals surface area contributed by atoms with Gasteiger partial charge in [-0.25, -0.2) is 0 Å². The molecule has 0 spiro atoms. The second-order valence-corrected chi connectivity index (χ2v) is 26.3. The van der Waals surface area contributed by atoms with Gasteiger partial charge in [-0.05, 0) is 100 Å². The fourth-order valence-electron chi connectivity index (χ4n) is 10.9. The molecule has 0 radical (unpaired) electrons. The van der Waals surface area contributed by atoms with Crippen molar-refractivity contribution in [3.05, 3.63) is 12.2 Å². The van der Waals surface area contributed by atoms with Crippen molar-refractivity contribution in [1.82, 2.24) is 55.6 Å². The molecular formula is C63H113N11O12. The molecule has 1 saturated heterocycles. The van der Waals surface area contributed by atoms with Gasteiger partial charge in [-0.2, -0.15) is 0 Å². The number of amides is 11. The van der Waals surface area contributed by atoms with Gasteiger partial charge in [0.1, 0.15) is 60.4 Å². The molecule has 0 aliphatic carbocycles. The molecule has 1 fully saturated rings. The predicted molar refractivity (Wildman–Crippen MR) is 333 cm³/mol. The number of likely N-dealkylation sites (N-methyl/N-ethyl adjacent to an activating group) is 7. The molecular weight excluding hydrogens is 1100 g/mol. The van der Waals surface area contributed by atoms with Gasteiger partial charge in [0.25, 0.3) is 0 Å².